The number of hydrogen-bond donors (Lipinski definition) is 0. The molecule has 1 atom stereocenters. The van der Waals surface area contributed by atoms with Crippen LogP contribution in [-0.2, 0) is 4.43 Å². The summed E-state index contributed by atoms with van der Waals surface area (Å²) in [6, 6.07) is 0. The minimum Gasteiger partial charge on any atom is -0.512 e. The number of allylic oxidation sites excluding steroid dienone is 3. The predicted octanol–water partition coefficient (Wildman–Crippen LogP) is 4.81. The zero-order valence-corrected chi connectivity index (χ0v) is 12.2. The molecule has 0 spiro atoms. The molecule has 0 aliphatic heterocycles. The molecule has 0 aromatic heterocycles. The van der Waals surface area contributed by atoms with E-state index >= 15 is 0 Å². The van der Waals surface area contributed by atoms with E-state index in [0.29, 0.717) is 5.92 Å². The number of halogens is 3. The van der Waals surface area contributed by atoms with Gasteiger partial charge in [-0.25, -0.2) is 0 Å². The third-order valence-electron chi connectivity index (χ3n) is 2.71. The van der Waals surface area contributed by atoms with Crippen LogP contribution in [0.3, 0.4) is 0 Å². The van der Waals surface area contributed by atoms with Crippen molar-refractivity contribution < 1.29 is 4.43 Å². The third kappa shape index (κ3) is 4.39. The first kappa shape index (κ1) is 13.4. The predicted molar refractivity (Wildman–Crippen MR) is 69.3 cm³/mol. The summed E-state index contributed by atoms with van der Waals surface area (Å²) in [6.45, 7) is 8.04. The second-order valence-electron chi connectivity index (χ2n) is 4.04. The van der Waals surface area contributed by atoms with Crippen molar-refractivity contribution in [1.82, 2.24) is 0 Å². The molecule has 0 saturated heterocycles. The normalized spacial score (nSPS) is 22.9. The van der Waals surface area contributed by atoms with Crippen LogP contribution < -0.4 is 0 Å². The van der Waals surface area contributed by atoms with Gasteiger partial charge in [0.1, 0.15) is 0 Å². The summed E-state index contributed by atoms with van der Waals surface area (Å²) in [4.78, 5) is 0. The fraction of sp³-hybridized carbons (Fsp3) is 0.600. The Morgan fingerprint density at radius 1 is 1.47 bits per heavy atom. The van der Waals surface area contributed by atoms with Crippen LogP contribution in [0.5, 0.6) is 0 Å². The average Bonchev–Trinajstić information content (AvgIpc) is 2.06. The van der Waals surface area contributed by atoms with E-state index in [2.05, 4.69) is 6.58 Å². The maximum absolute atomic E-state index is 5.75. The summed E-state index contributed by atoms with van der Waals surface area (Å²) in [5, 5.41) is 0. The van der Waals surface area contributed by atoms with Crippen LogP contribution >= 0.6 is 33.2 Å². The van der Waals surface area contributed by atoms with E-state index in [-0.39, 0.29) is 0 Å². The van der Waals surface area contributed by atoms with Crippen molar-refractivity contribution >= 4 is 39.5 Å². The SMILES string of the molecule is C=C(C)C1CCC(C)=C(O[Si](Cl)(Cl)Cl)C1. The summed E-state index contributed by atoms with van der Waals surface area (Å²) in [5.74, 6) is 1.32. The largest absolute Gasteiger partial charge is 0.555 e. The van der Waals surface area contributed by atoms with Crippen molar-refractivity contribution in [2.75, 3.05) is 0 Å². The Morgan fingerprint density at radius 3 is 2.53 bits per heavy atom. The number of rotatable bonds is 3. The Morgan fingerprint density at radius 2 is 2.07 bits per heavy atom. The molecular formula is C10H15Cl3OSi. The second-order valence-corrected chi connectivity index (χ2v) is 11.7. The standard InChI is InChI=1S/C10H15Cl3OSi/c1-7(2)9-5-4-8(3)10(6-9)14-15(11,12)13/h9H,1,4-6H2,2-3H3. The molecule has 0 aromatic carbocycles. The van der Waals surface area contributed by atoms with Crippen LogP contribution in [0, 0.1) is 5.92 Å². The zero-order valence-electron chi connectivity index (χ0n) is 8.95. The van der Waals surface area contributed by atoms with Gasteiger partial charge in [-0.05, 0) is 38.2 Å². The lowest BCUT2D eigenvalue weighted by atomic mass is 9.85. The minimum absolute atomic E-state index is 0.463. The molecule has 0 fully saturated rings. The fourth-order valence-electron chi connectivity index (χ4n) is 1.72. The number of hydrogen-bond acceptors (Lipinski definition) is 1. The lowest BCUT2D eigenvalue weighted by Crippen LogP contribution is -2.21. The van der Waals surface area contributed by atoms with Crippen LogP contribution in [0.25, 0.3) is 0 Å². The molecule has 0 saturated carbocycles. The van der Waals surface area contributed by atoms with Crippen molar-refractivity contribution in [3.63, 3.8) is 0 Å². The van der Waals surface area contributed by atoms with Gasteiger partial charge in [0.05, 0.1) is 5.76 Å². The Kier molecular flexibility index (Phi) is 4.59. The van der Waals surface area contributed by atoms with Gasteiger partial charge in [-0.3, -0.25) is 0 Å². The van der Waals surface area contributed by atoms with E-state index in [9.17, 15) is 0 Å². The monoisotopic (exact) mass is 284 g/mol. The summed E-state index contributed by atoms with van der Waals surface area (Å²) >= 11 is 17.3. The van der Waals surface area contributed by atoms with E-state index in [1.807, 2.05) is 13.8 Å². The van der Waals surface area contributed by atoms with E-state index in [4.69, 9.17) is 37.7 Å². The highest BCUT2D eigenvalue weighted by Gasteiger charge is 2.33. The molecule has 0 bridgehead atoms. The van der Waals surface area contributed by atoms with E-state index in [1.165, 1.54) is 11.1 Å². The molecule has 0 N–H and O–H groups in total. The van der Waals surface area contributed by atoms with E-state index in [0.717, 1.165) is 25.0 Å². The first-order valence-electron chi connectivity index (χ1n) is 4.89. The molecule has 1 aliphatic rings. The van der Waals surface area contributed by atoms with Gasteiger partial charge < -0.3 is 4.43 Å². The molecule has 0 amide bonds. The molecule has 1 unspecified atom stereocenters. The molecule has 1 rings (SSSR count). The summed E-state index contributed by atoms with van der Waals surface area (Å²) in [5.41, 5.74) is 2.38. The van der Waals surface area contributed by atoms with Gasteiger partial charge in [0.2, 0.25) is 0 Å². The smallest absolute Gasteiger partial charge is 0.512 e. The van der Waals surface area contributed by atoms with Crippen molar-refractivity contribution in [3.8, 4) is 0 Å². The zero-order chi connectivity index (χ0) is 11.6. The summed E-state index contributed by atoms with van der Waals surface area (Å²) in [7, 11) is 0. The minimum atomic E-state index is -3.02. The second kappa shape index (κ2) is 5.13. The van der Waals surface area contributed by atoms with Crippen LogP contribution in [0.1, 0.15) is 33.1 Å². The molecule has 1 aliphatic carbocycles. The van der Waals surface area contributed by atoms with Gasteiger partial charge in [-0.2, -0.15) is 0 Å². The summed E-state index contributed by atoms with van der Waals surface area (Å²) in [6.07, 6.45) is -0.0777. The van der Waals surface area contributed by atoms with Crippen LogP contribution in [0.2, 0.25) is 0 Å². The van der Waals surface area contributed by atoms with Gasteiger partial charge in [0, 0.05) is 6.42 Å². The van der Waals surface area contributed by atoms with E-state index in [1.54, 1.807) is 0 Å². The first-order chi connectivity index (χ1) is 6.79. The van der Waals surface area contributed by atoms with Crippen molar-refractivity contribution in [2.45, 2.75) is 33.1 Å². The topological polar surface area (TPSA) is 9.23 Å². The average molecular weight is 286 g/mol. The highest BCUT2D eigenvalue weighted by atomic mass is 35.8. The fourth-order valence-corrected chi connectivity index (χ4v) is 3.09. The highest BCUT2D eigenvalue weighted by molar-refractivity contribution is 7.62. The van der Waals surface area contributed by atoms with Crippen molar-refractivity contribution in [3.05, 3.63) is 23.5 Å². The highest BCUT2D eigenvalue weighted by Crippen LogP contribution is 2.37. The summed E-state index contributed by atoms with van der Waals surface area (Å²) < 4.78 is 5.44. The Balaban J connectivity index is 2.73. The van der Waals surface area contributed by atoms with Crippen molar-refractivity contribution in [2.24, 2.45) is 5.92 Å². The molecule has 5 heteroatoms. The van der Waals surface area contributed by atoms with Crippen LogP contribution in [-0.4, -0.2) is 6.25 Å². The van der Waals surface area contributed by atoms with Gasteiger partial charge in [0.25, 0.3) is 0 Å². The molecule has 0 heterocycles. The van der Waals surface area contributed by atoms with Crippen LogP contribution in [0.15, 0.2) is 23.5 Å². The van der Waals surface area contributed by atoms with Crippen LogP contribution in [0.4, 0.5) is 0 Å². The molecule has 0 radical (unpaired) electrons. The molecule has 0 aromatic rings. The van der Waals surface area contributed by atoms with Crippen molar-refractivity contribution in [1.29, 1.82) is 0 Å². The van der Waals surface area contributed by atoms with Gasteiger partial charge in [-0.15, -0.1) is 0 Å². The Bertz CT molecular complexity index is 294. The van der Waals surface area contributed by atoms with Gasteiger partial charge >= 0.3 is 6.25 Å². The maximum atomic E-state index is 5.75. The molecule has 1 nitrogen and oxygen atoms in total. The molecule has 86 valence electrons. The molecule has 15 heavy (non-hydrogen) atoms. The first-order valence-corrected chi connectivity index (χ1v) is 9.83. The lowest BCUT2D eigenvalue weighted by Gasteiger charge is -2.28. The quantitative estimate of drug-likeness (QED) is 0.411. The Labute approximate surface area is 106 Å². The van der Waals surface area contributed by atoms with Gasteiger partial charge in [0.15, 0.2) is 0 Å². The van der Waals surface area contributed by atoms with Gasteiger partial charge in [-0.1, -0.05) is 45.4 Å². The van der Waals surface area contributed by atoms with E-state index < -0.39 is 6.25 Å². The Hall–Kier alpha value is 0.367. The lowest BCUT2D eigenvalue weighted by molar-refractivity contribution is 0.358. The maximum Gasteiger partial charge on any atom is 0.555 e. The third-order valence-corrected chi connectivity index (χ3v) is 3.88. The molecular weight excluding hydrogens is 271 g/mol.